The third-order valence-electron chi connectivity index (χ3n) is 2.76. The van der Waals surface area contributed by atoms with Crippen LogP contribution in [-0.4, -0.2) is 16.2 Å². The molecule has 0 aliphatic carbocycles. The van der Waals surface area contributed by atoms with E-state index in [1.165, 1.54) is 10.7 Å². The summed E-state index contributed by atoms with van der Waals surface area (Å²) >= 11 is 1.09. The summed E-state index contributed by atoms with van der Waals surface area (Å²) in [5, 5.41) is 6.86. The monoisotopic (exact) mass is 325 g/mol. The molecule has 0 aromatic carbocycles. The lowest BCUT2D eigenvalue weighted by Gasteiger charge is -2.05. The standard InChI is InChI=1S/C12H14F3N3S.ClH/c1-8-9(5-17-18(8)7-11(13)14)4-16-6-10-2-3-12(15)19-10;/h2-3,5,11,16H,4,6-7H2,1H3;1H. The summed E-state index contributed by atoms with van der Waals surface area (Å²) < 4.78 is 38.6. The topological polar surface area (TPSA) is 29.9 Å². The van der Waals surface area contributed by atoms with Crippen LogP contribution in [0.5, 0.6) is 0 Å². The molecule has 0 saturated heterocycles. The highest BCUT2D eigenvalue weighted by Crippen LogP contribution is 2.14. The van der Waals surface area contributed by atoms with Crippen molar-refractivity contribution in [1.29, 1.82) is 0 Å². The highest BCUT2D eigenvalue weighted by molar-refractivity contribution is 7.10. The fourth-order valence-corrected chi connectivity index (χ4v) is 2.44. The summed E-state index contributed by atoms with van der Waals surface area (Å²) in [7, 11) is 0. The first-order chi connectivity index (χ1) is 9.06. The Kier molecular flexibility index (Phi) is 6.51. The lowest BCUT2D eigenvalue weighted by atomic mass is 10.2. The third-order valence-corrected chi connectivity index (χ3v) is 3.63. The van der Waals surface area contributed by atoms with Crippen molar-refractivity contribution in [2.75, 3.05) is 0 Å². The molecule has 0 bridgehead atoms. The molecule has 2 heterocycles. The van der Waals surface area contributed by atoms with E-state index in [1.807, 2.05) is 0 Å². The Morgan fingerprint density at radius 2 is 2.10 bits per heavy atom. The molecule has 112 valence electrons. The lowest BCUT2D eigenvalue weighted by molar-refractivity contribution is 0.121. The van der Waals surface area contributed by atoms with E-state index in [-0.39, 0.29) is 24.1 Å². The Labute approximate surface area is 125 Å². The molecule has 0 unspecified atom stereocenters. The second-order valence-electron chi connectivity index (χ2n) is 4.14. The molecular formula is C12H15ClF3N3S. The predicted octanol–water partition coefficient (Wildman–Crippen LogP) is 3.37. The smallest absolute Gasteiger partial charge is 0.257 e. The van der Waals surface area contributed by atoms with Crippen LogP contribution in [-0.2, 0) is 19.6 Å². The number of halogens is 4. The SMILES string of the molecule is Cc1c(CNCc2ccc(F)s2)cnn1CC(F)F.Cl. The molecular weight excluding hydrogens is 311 g/mol. The van der Waals surface area contributed by atoms with Crippen LogP contribution < -0.4 is 5.32 Å². The van der Waals surface area contributed by atoms with Crippen LogP contribution in [0.25, 0.3) is 0 Å². The molecule has 2 aromatic heterocycles. The van der Waals surface area contributed by atoms with Gasteiger partial charge in [-0.2, -0.15) is 9.49 Å². The highest BCUT2D eigenvalue weighted by atomic mass is 35.5. The van der Waals surface area contributed by atoms with Gasteiger partial charge in [0.05, 0.1) is 6.20 Å². The van der Waals surface area contributed by atoms with Gasteiger partial charge in [-0.15, -0.1) is 23.7 Å². The van der Waals surface area contributed by atoms with Crippen molar-refractivity contribution in [3.63, 3.8) is 0 Å². The van der Waals surface area contributed by atoms with E-state index in [0.717, 1.165) is 27.5 Å². The molecule has 2 rings (SSSR count). The van der Waals surface area contributed by atoms with Gasteiger partial charge in [-0.05, 0) is 19.1 Å². The Morgan fingerprint density at radius 3 is 2.70 bits per heavy atom. The van der Waals surface area contributed by atoms with E-state index >= 15 is 0 Å². The van der Waals surface area contributed by atoms with Gasteiger partial charge in [-0.25, -0.2) is 8.78 Å². The van der Waals surface area contributed by atoms with Crippen LogP contribution in [0.4, 0.5) is 13.2 Å². The minimum absolute atomic E-state index is 0. The second-order valence-corrected chi connectivity index (χ2v) is 5.26. The number of nitrogens with zero attached hydrogens (tertiary/aromatic N) is 2. The van der Waals surface area contributed by atoms with Gasteiger partial charge < -0.3 is 5.32 Å². The maximum absolute atomic E-state index is 12.8. The number of hydrogen-bond acceptors (Lipinski definition) is 3. The molecule has 0 fully saturated rings. The quantitative estimate of drug-likeness (QED) is 0.882. The van der Waals surface area contributed by atoms with Gasteiger partial charge in [-0.3, -0.25) is 4.68 Å². The molecule has 0 amide bonds. The average molecular weight is 326 g/mol. The Morgan fingerprint density at radius 1 is 1.35 bits per heavy atom. The molecule has 2 aromatic rings. The minimum Gasteiger partial charge on any atom is -0.308 e. The predicted molar refractivity (Wildman–Crippen MR) is 75.0 cm³/mol. The Hall–Kier alpha value is -1.05. The average Bonchev–Trinajstić information content (AvgIpc) is 2.89. The first-order valence-corrected chi connectivity index (χ1v) is 6.62. The molecule has 0 saturated carbocycles. The number of hydrogen-bond donors (Lipinski definition) is 1. The van der Waals surface area contributed by atoms with E-state index in [2.05, 4.69) is 10.4 Å². The normalized spacial score (nSPS) is 10.8. The molecule has 0 radical (unpaired) electrons. The van der Waals surface area contributed by atoms with Crippen LogP contribution in [0.2, 0.25) is 0 Å². The van der Waals surface area contributed by atoms with Crippen molar-refractivity contribution in [2.45, 2.75) is 33.0 Å². The summed E-state index contributed by atoms with van der Waals surface area (Å²) in [6, 6.07) is 3.15. The van der Waals surface area contributed by atoms with Gasteiger partial charge in [0.1, 0.15) is 6.54 Å². The number of thiophene rings is 1. The molecule has 8 heteroatoms. The van der Waals surface area contributed by atoms with Crippen molar-refractivity contribution in [2.24, 2.45) is 0 Å². The zero-order chi connectivity index (χ0) is 13.8. The zero-order valence-corrected chi connectivity index (χ0v) is 12.4. The molecule has 20 heavy (non-hydrogen) atoms. The minimum atomic E-state index is -2.41. The lowest BCUT2D eigenvalue weighted by Crippen LogP contribution is -2.13. The number of nitrogens with one attached hydrogen (secondary N) is 1. The van der Waals surface area contributed by atoms with Gasteiger partial charge in [0.2, 0.25) is 0 Å². The summed E-state index contributed by atoms with van der Waals surface area (Å²) in [4.78, 5) is 0.898. The largest absolute Gasteiger partial charge is 0.308 e. The molecule has 0 atom stereocenters. The number of alkyl halides is 2. The van der Waals surface area contributed by atoms with Crippen LogP contribution in [0.15, 0.2) is 18.3 Å². The maximum atomic E-state index is 12.8. The van der Waals surface area contributed by atoms with Gasteiger partial charge in [0.15, 0.2) is 5.13 Å². The summed E-state index contributed by atoms with van der Waals surface area (Å²) in [6.07, 6.45) is -0.826. The van der Waals surface area contributed by atoms with E-state index < -0.39 is 6.43 Å². The van der Waals surface area contributed by atoms with Crippen LogP contribution in [0.3, 0.4) is 0 Å². The number of aromatic nitrogens is 2. The summed E-state index contributed by atoms with van der Waals surface area (Å²) in [5.74, 6) is 0. The van der Waals surface area contributed by atoms with E-state index in [9.17, 15) is 13.2 Å². The Bertz CT molecular complexity index is 542. The van der Waals surface area contributed by atoms with Crippen molar-refractivity contribution in [1.82, 2.24) is 15.1 Å². The van der Waals surface area contributed by atoms with Crippen molar-refractivity contribution >= 4 is 23.7 Å². The molecule has 0 aliphatic rings. The third kappa shape index (κ3) is 4.50. The van der Waals surface area contributed by atoms with Crippen LogP contribution in [0, 0.1) is 12.1 Å². The fourth-order valence-electron chi connectivity index (χ4n) is 1.74. The fraction of sp³-hybridized carbons (Fsp3) is 0.417. The second kappa shape index (κ2) is 7.66. The zero-order valence-electron chi connectivity index (χ0n) is 10.8. The highest BCUT2D eigenvalue weighted by Gasteiger charge is 2.10. The Balaban J connectivity index is 0.00000200. The van der Waals surface area contributed by atoms with Crippen molar-refractivity contribution in [3.05, 3.63) is 39.6 Å². The van der Waals surface area contributed by atoms with Crippen LogP contribution >= 0.6 is 23.7 Å². The molecule has 0 spiro atoms. The summed E-state index contributed by atoms with van der Waals surface area (Å²) in [5.41, 5.74) is 1.60. The van der Waals surface area contributed by atoms with Gasteiger partial charge >= 0.3 is 0 Å². The van der Waals surface area contributed by atoms with E-state index in [1.54, 1.807) is 19.2 Å². The van der Waals surface area contributed by atoms with Gasteiger partial charge in [0, 0.05) is 29.2 Å². The van der Waals surface area contributed by atoms with Crippen molar-refractivity contribution < 1.29 is 13.2 Å². The van der Waals surface area contributed by atoms with Crippen molar-refractivity contribution in [3.8, 4) is 0 Å². The summed E-state index contributed by atoms with van der Waals surface area (Å²) in [6.45, 7) is 2.45. The first kappa shape index (κ1) is 17.0. The first-order valence-electron chi connectivity index (χ1n) is 5.80. The van der Waals surface area contributed by atoms with Gasteiger partial charge in [-0.1, -0.05) is 0 Å². The van der Waals surface area contributed by atoms with E-state index in [0.29, 0.717) is 13.1 Å². The molecule has 1 N–H and O–H groups in total. The molecule has 0 aliphatic heterocycles. The number of rotatable bonds is 6. The molecule has 3 nitrogen and oxygen atoms in total. The maximum Gasteiger partial charge on any atom is 0.257 e. The van der Waals surface area contributed by atoms with Crippen LogP contribution in [0.1, 0.15) is 16.1 Å². The van der Waals surface area contributed by atoms with E-state index in [4.69, 9.17) is 0 Å². The van der Waals surface area contributed by atoms with Gasteiger partial charge in [0.25, 0.3) is 6.43 Å².